The van der Waals surface area contributed by atoms with Gasteiger partial charge in [0.25, 0.3) is 0 Å². The lowest BCUT2D eigenvalue weighted by Crippen LogP contribution is -2.23. The first kappa shape index (κ1) is 16.8. The first-order valence-corrected chi connectivity index (χ1v) is 7.22. The third-order valence-electron chi connectivity index (χ3n) is 3.24. The zero-order valence-electron chi connectivity index (χ0n) is 13.0. The molecule has 4 nitrogen and oxygen atoms in total. The molecule has 1 rings (SSSR count). The predicted molar refractivity (Wildman–Crippen MR) is 81.4 cm³/mol. The average Bonchev–Trinajstić information content (AvgIpc) is 2.41. The molecule has 0 aliphatic heterocycles. The maximum atomic E-state index is 9.94. The van der Waals surface area contributed by atoms with Crippen LogP contribution in [-0.2, 0) is 4.74 Å². The van der Waals surface area contributed by atoms with Gasteiger partial charge in [-0.1, -0.05) is 19.9 Å². The lowest BCUT2D eigenvalue weighted by Gasteiger charge is -2.16. The highest BCUT2D eigenvalue weighted by Gasteiger charge is 2.10. The molecular formula is C16H27NO3. The van der Waals surface area contributed by atoms with E-state index in [0.717, 1.165) is 25.1 Å². The van der Waals surface area contributed by atoms with Gasteiger partial charge in [-0.2, -0.15) is 0 Å². The van der Waals surface area contributed by atoms with Crippen LogP contribution >= 0.6 is 0 Å². The highest BCUT2D eigenvalue weighted by Crippen LogP contribution is 2.28. The molecule has 4 heteroatoms. The molecule has 20 heavy (non-hydrogen) atoms. The molecule has 1 aromatic rings. The van der Waals surface area contributed by atoms with Gasteiger partial charge in [0.15, 0.2) is 0 Å². The van der Waals surface area contributed by atoms with E-state index in [2.05, 4.69) is 19.2 Å². The van der Waals surface area contributed by atoms with Crippen molar-refractivity contribution in [3.63, 3.8) is 0 Å². The summed E-state index contributed by atoms with van der Waals surface area (Å²) in [4.78, 5) is 0. The summed E-state index contributed by atoms with van der Waals surface area (Å²) in [6, 6.07) is 5.44. The van der Waals surface area contributed by atoms with Crippen LogP contribution in [0.1, 0.15) is 38.8 Å². The summed E-state index contributed by atoms with van der Waals surface area (Å²) in [5.41, 5.74) is 0.869. The highest BCUT2D eigenvalue weighted by atomic mass is 16.5. The molecule has 2 N–H and O–H groups in total. The number of ether oxygens (including phenoxy) is 2. The van der Waals surface area contributed by atoms with E-state index < -0.39 is 0 Å². The van der Waals surface area contributed by atoms with Crippen LogP contribution in [0.2, 0.25) is 0 Å². The van der Waals surface area contributed by atoms with Gasteiger partial charge in [-0.3, -0.25) is 0 Å². The highest BCUT2D eigenvalue weighted by molar-refractivity contribution is 5.41. The molecule has 0 saturated heterocycles. The molecule has 0 aliphatic rings. The summed E-state index contributed by atoms with van der Waals surface area (Å²) >= 11 is 0. The minimum Gasteiger partial charge on any atom is -0.507 e. The fourth-order valence-electron chi connectivity index (χ4n) is 1.90. The van der Waals surface area contributed by atoms with Crippen LogP contribution in [0.5, 0.6) is 11.5 Å². The molecule has 0 radical (unpaired) electrons. The lowest BCUT2D eigenvalue weighted by molar-refractivity contribution is 0.123. The van der Waals surface area contributed by atoms with Crippen LogP contribution in [0.25, 0.3) is 0 Å². The van der Waals surface area contributed by atoms with Crippen LogP contribution in [0.4, 0.5) is 0 Å². The van der Waals surface area contributed by atoms with Gasteiger partial charge in [-0.05, 0) is 25.3 Å². The van der Waals surface area contributed by atoms with E-state index in [0.29, 0.717) is 18.3 Å². The fraction of sp³-hybridized carbons (Fsp3) is 0.625. The van der Waals surface area contributed by atoms with Gasteiger partial charge in [0, 0.05) is 30.8 Å². The number of phenolic OH excluding ortho intramolecular Hbond substituents is 1. The molecule has 0 saturated carbocycles. The third-order valence-corrected chi connectivity index (χ3v) is 3.24. The van der Waals surface area contributed by atoms with E-state index in [-0.39, 0.29) is 11.8 Å². The van der Waals surface area contributed by atoms with Crippen molar-refractivity contribution < 1.29 is 14.6 Å². The molecule has 1 unspecified atom stereocenters. The summed E-state index contributed by atoms with van der Waals surface area (Å²) in [6.45, 7) is 8.67. The van der Waals surface area contributed by atoms with Crippen molar-refractivity contribution in [3.05, 3.63) is 23.8 Å². The summed E-state index contributed by atoms with van der Waals surface area (Å²) in [6.07, 6.45) is 1.09. The Morgan fingerprint density at radius 3 is 2.55 bits per heavy atom. The average molecular weight is 281 g/mol. The van der Waals surface area contributed by atoms with Gasteiger partial charge in [0.2, 0.25) is 0 Å². The van der Waals surface area contributed by atoms with Gasteiger partial charge in [-0.15, -0.1) is 0 Å². The van der Waals surface area contributed by atoms with E-state index in [1.165, 1.54) is 0 Å². The molecule has 0 heterocycles. The zero-order chi connectivity index (χ0) is 15.0. The Balaban J connectivity index is 2.30. The maximum absolute atomic E-state index is 9.94. The van der Waals surface area contributed by atoms with Gasteiger partial charge >= 0.3 is 0 Å². The second kappa shape index (κ2) is 8.82. The molecule has 0 aromatic heterocycles. The quantitative estimate of drug-likeness (QED) is 0.683. The molecule has 0 spiro atoms. The molecule has 114 valence electrons. The SMILES string of the molecule is COc1ccc(C(C)NCCOCCC(C)C)c(O)c1. The van der Waals surface area contributed by atoms with Crippen molar-refractivity contribution in [1.29, 1.82) is 0 Å². The number of phenols is 1. The lowest BCUT2D eigenvalue weighted by atomic mass is 10.1. The number of hydrogen-bond acceptors (Lipinski definition) is 4. The smallest absolute Gasteiger partial charge is 0.124 e. The standard InChI is InChI=1S/C16H27NO3/c1-12(2)7-9-20-10-8-17-13(3)15-6-5-14(19-4)11-16(15)18/h5-6,11-13,17-18H,7-10H2,1-4H3. The Hall–Kier alpha value is -1.26. The molecule has 0 amide bonds. The molecule has 0 bridgehead atoms. The fourth-order valence-corrected chi connectivity index (χ4v) is 1.90. The first-order valence-electron chi connectivity index (χ1n) is 7.22. The Labute approximate surface area is 122 Å². The summed E-state index contributed by atoms with van der Waals surface area (Å²) < 4.78 is 10.6. The zero-order valence-corrected chi connectivity index (χ0v) is 13.0. The number of aromatic hydroxyl groups is 1. The number of rotatable bonds is 9. The van der Waals surface area contributed by atoms with Crippen molar-refractivity contribution in [2.45, 2.75) is 33.2 Å². The molecule has 0 fully saturated rings. The van der Waals surface area contributed by atoms with Crippen molar-refractivity contribution >= 4 is 0 Å². The Kier molecular flexibility index (Phi) is 7.41. The van der Waals surface area contributed by atoms with Gasteiger partial charge < -0.3 is 19.9 Å². The molecular weight excluding hydrogens is 254 g/mol. The molecule has 0 aliphatic carbocycles. The Bertz CT molecular complexity index is 393. The largest absolute Gasteiger partial charge is 0.507 e. The van der Waals surface area contributed by atoms with Crippen LogP contribution in [0, 0.1) is 5.92 Å². The number of nitrogens with one attached hydrogen (secondary N) is 1. The normalized spacial score (nSPS) is 12.7. The van der Waals surface area contributed by atoms with Crippen LogP contribution < -0.4 is 10.1 Å². The predicted octanol–water partition coefficient (Wildman–Crippen LogP) is 3.11. The van der Waals surface area contributed by atoms with Crippen molar-refractivity contribution in [1.82, 2.24) is 5.32 Å². The maximum Gasteiger partial charge on any atom is 0.124 e. The van der Waals surface area contributed by atoms with E-state index in [1.807, 2.05) is 19.1 Å². The van der Waals surface area contributed by atoms with E-state index in [1.54, 1.807) is 13.2 Å². The summed E-state index contributed by atoms with van der Waals surface area (Å²) in [7, 11) is 1.59. The van der Waals surface area contributed by atoms with Crippen molar-refractivity contribution in [2.75, 3.05) is 26.9 Å². The molecule has 1 aromatic carbocycles. The Morgan fingerprint density at radius 1 is 1.20 bits per heavy atom. The second-order valence-corrected chi connectivity index (χ2v) is 5.40. The van der Waals surface area contributed by atoms with E-state index in [4.69, 9.17) is 9.47 Å². The van der Waals surface area contributed by atoms with Gasteiger partial charge in [-0.25, -0.2) is 0 Å². The number of hydrogen-bond donors (Lipinski definition) is 2. The minimum atomic E-state index is 0.0783. The monoisotopic (exact) mass is 281 g/mol. The molecule has 1 atom stereocenters. The first-order chi connectivity index (χ1) is 9.54. The minimum absolute atomic E-state index is 0.0783. The second-order valence-electron chi connectivity index (χ2n) is 5.40. The number of methoxy groups -OCH3 is 1. The van der Waals surface area contributed by atoms with Crippen LogP contribution in [0.3, 0.4) is 0 Å². The van der Waals surface area contributed by atoms with Crippen LogP contribution in [-0.4, -0.2) is 32.0 Å². The van der Waals surface area contributed by atoms with Crippen molar-refractivity contribution in [2.24, 2.45) is 5.92 Å². The van der Waals surface area contributed by atoms with Gasteiger partial charge in [0.1, 0.15) is 11.5 Å². The van der Waals surface area contributed by atoms with Gasteiger partial charge in [0.05, 0.1) is 13.7 Å². The third kappa shape index (κ3) is 5.80. The number of benzene rings is 1. The van der Waals surface area contributed by atoms with E-state index in [9.17, 15) is 5.11 Å². The van der Waals surface area contributed by atoms with Crippen molar-refractivity contribution in [3.8, 4) is 11.5 Å². The summed E-state index contributed by atoms with van der Waals surface area (Å²) in [5.74, 6) is 1.60. The van der Waals surface area contributed by atoms with Crippen LogP contribution in [0.15, 0.2) is 18.2 Å². The Morgan fingerprint density at radius 2 is 1.95 bits per heavy atom. The summed E-state index contributed by atoms with van der Waals surface area (Å²) in [5, 5.41) is 13.3. The topological polar surface area (TPSA) is 50.7 Å². The van der Waals surface area contributed by atoms with E-state index >= 15 is 0 Å².